The number of para-hydroxylation sites is 1. The maximum atomic E-state index is 6.19. The fraction of sp³-hybridized carbons (Fsp3) is 0.250. The first-order valence-electron chi connectivity index (χ1n) is 6.76. The van der Waals surface area contributed by atoms with Crippen LogP contribution < -0.4 is 10.1 Å². The van der Waals surface area contributed by atoms with Gasteiger partial charge in [-0.2, -0.15) is 0 Å². The maximum Gasteiger partial charge on any atom is 0.152 e. The van der Waals surface area contributed by atoms with E-state index in [4.69, 9.17) is 20.8 Å². The summed E-state index contributed by atoms with van der Waals surface area (Å²) in [6.07, 6.45) is 0. The second kappa shape index (κ2) is 6.10. The van der Waals surface area contributed by atoms with Crippen molar-refractivity contribution in [3.63, 3.8) is 0 Å². The van der Waals surface area contributed by atoms with E-state index in [0.717, 1.165) is 33.9 Å². The third-order valence-electron chi connectivity index (χ3n) is 3.32. The topological polar surface area (TPSA) is 34.4 Å². The van der Waals surface area contributed by atoms with Gasteiger partial charge >= 0.3 is 0 Å². The molecule has 3 nitrogen and oxygen atoms in total. The summed E-state index contributed by atoms with van der Waals surface area (Å²) in [7, 11) is 1.68. The van der Waals surface area contributed by atoms with E-state index in [9.17, 15) is 0 Å². The van der Waals surface area contributed by atoms with Crippen LogP contribution in [0.2, 0.25) is 5.02 Å². The van der Waals surface area contributed by atoms with Crippen LogP contribution >= 0.6 is 22.9 Å². The number of fused-ring (bicyclic) bond motifs is 1. The van der Waals surface area contributed by atoms with Crippen molar-refractivity contribution in [2.24, 2.45) is 0 Å². The van der Waals surface area contributed by atoms with Gasteiger partial charge in [0.15, 0.2) is 5.58 Å². The fourth-order valence-corrected chi connectivity index (χ4v) is 3.48. The summed E-state index contributed by atoms with van der Waals surface area (Å²) in [6.45, 7) is 2.92. The molecular weight excluding hydrogens is 306 g/mol. The van der Waals surface area contributed by atoms with E-state index in [1.807, 2.05) is 35.7 Å². The average Bonchev–Trinajstić information content (AvgIpc) is 3.12. The van der Waals surface area contributed by atoms with Gasteiger partial charge in [-0.25, -0.2) is 0 Å². The van der Waals surface area contributed by atoms with E-state index >= 15 is 0 Å². The van der Waals surface area contributed by atoms with Gasteiger partial charge in [-0.15, -0.1) is 11.3 Å². The van der Waals surface area contributed by atoms with Crippen LogP contribution in [-0.4, -0.2) is 13.7 Å². The van der Waals surface area contributed by atoms with Crippen molar-refractivity contribution >= 4 is 33.9 Å². The van der Waals surface area contributed by atoms with Gasteiger partial charge in [-0.3, -0.25) is 0 Å². The molecule has 1 aromatic carbocycles. The lowest BCUT2D eigenvalue weighted by Crippen LogP contribution is -2.20. The first kappa shape index (κ1) is 14.4. The van der Waals surface area contributed by atoms with Crippen LogP contribution in [0, 0.1) is 0 Å². The molecule has 0 aliphatic rings. The molecule has 3 rings (SSSR count). The van der Waals surface area contributed by atoms with E-state index in [0.29, 0.717) is 5.02 Å². The Morgan fingerprint density at radius 2 is 2.24 bits per heavy atom. The van der Waals surface area contributed by atoms with E-state index in [1.54, 1.807) is 18.4 Å². The van der Waals surface area contributed by atoms with Crippen LogP contribution in [-0.2, 0) is 0 Å². The molecule has 1 N–H and O–H groups in total. The maximum absolute atomic E-state index is 6.19. The van der Waals surface area contributed by atoms with Gasteiger partial charge in [0.2, 0.25) is 0 Å². The highest BCUT2D eigenvalue weighted by Crippen LogP contribution is 2.35. The van der Waals surface area contributed by atoms with Crippen LogP contribution in [0.25, 0.3) is 11.0 Å². The van der Waals surface area contributed by atoms with Gasteiger partial charge in [0.25, 0.3) is 0 Å². The Kier molecular flexibility index (Phi) is 4.19. The highest BCUT2D eigenvalue weighted by atomic mass is 35.5. The zero-order valence-corrected chi connectivity index (χ0v) is 13.4. The molecule has 0 fully saturated rings. The SMILES string of the molecule is CCNC(c1cc2cccc(Cl)c2o1)c1cc(OC)cs1. The molecule has 1 atom stereocenters. The minimum absolute atomic E-state index is 0.00682. The Balaban J connectivity index is 2.04. The van der Waals surface area contributed by atoms with Crippen molar-refractivity contribution in [3.8, 4) is 5.75 Å². The molecule has 0 saturated carbocycles. The van der Waals surface area contributed by atoms with Crippen molar-refractivity contribution in [2.45, 2.75) is 13.0 Å². The number of methoxy groups -OCH3 is 1. The molecule has 2 heterocycles. The van der Waals surface area contributed by atoms with Crippen LogP contribution in [0.15, 0.2) is 40.1 Å². The summed E-state index contributed by atoms with van der Waals surface area (Å²) in [5.41, 5.74) is 0.737. The van der Waals surface area contributed by atoms with E-state index < -0.39 is 0 Å². The highest BCUT2D eigenvalue weighted by Gasteiger charge is 2.20. The molecule has 0 amide bonds. The van der Waals surface area contributed by atoms with Crippen LogP contribution in [0.4, 0.5) is 0 Å². The van der Waals surface area contributed by atoms with Gasteiger partial charge in [0.1, 0.15) is 17.6 Å². The van der Waals surface area contributed by atoms with Gasteiger partial charge < -0.3 is 14.5 Å². The molecule has 110 valence electrons. The number of halogens is 1. The third-order valence-corrected chi connectivity index (χ3v) is 4.60. The number of nitrogens with one attached hydrogen (secondary N) is 1. The quantitative estimate of drug-likeness (QED) is 0.729. The largest absolute Gasteiger partial charge is 0.496 e. The lowest BCUT2D eigenvalue weighted by molar-refractivity contribution is 0.415. The molecule has 0 radical (unpaired) electrons. The summed E-state index contributed by atoms with van der Waals surface area (Å²) in [6, 6.07) is 9.86. The van der Waals surface area contributed by atoms with Crippen molar-refractivity contribution < 1.29 is 9.15 Å². The standard InChI is InChI=1S/C16H16ClNO2S/c1-3-18-15(14-8-11(19-2)9-21-14)13-7-10-5-4-6-12(17)16(10)20-13/h4-9,15,18H,3H2,1-2H3. The molecule has 1 unspecified atom stereocenters. The summed E-state index contributed by atoms with van der Waals surface area (Å²) >= 11 is 7.84. The first-order valence-corrected chi connectivity index (χ1v) is 8.02. The Bertz CT molecular complexity index is 750. The normalized spacial score (nSPS) is 12.7. The third kappa shape index (κ3) is 2.79. The first-order chi connectivity index (χ1) is 10.2. The highest BCUT2D eigenvalue weighted by molar-refractivity contribution is 7.10. The summed E-state index contributed by atoms with van der Waals surface area (Å²) in [4.78, 5) is 1.16. The molecule has 0 saturated heterocycles. The summed E-state index contributed by atoms with van der Waals surface area (Å²) < 4.78 is 11.3. The Hall–Kier alpha value is -1.49. The summed E-state index contributed by atoms with van der Waals surface area (Å²) in [5.74, 6) is 1.73. The van der Waals surface area contributed by atoms with Gasteiger partial charge in [-0.1, -0.05) is 30.7 Å². The lowest BCUT2D eigenvalue weighted by Gasteiger charge is -2.13. The Morgan fingerprint density at radius 1 is 1.38 bits per heavy atom. The number of furan rings is 1. The van der Waals surface area contributed by atoms with Crippen molar-refractivity contribution in [2.75, 3.05) is 13.7 Å². The van der Waals surface area contributed by atoms with Crippen molar-refractivity contribution in [1.29, 1.82) is 0 Å². The van der Waals surface area contributed by atoms with Crippen LogP contribution in [0.5, 0.6) is 5.75 Å². The smallest absolute Gasteiger partial charge is 0.152 e. The van der Waals surface area contributed by atoms with E-state index in [-0.39, 0.29) is 6.04 Å². The fourth-order valence-electron chi connectivity index (χ4n) is 2.33. The van der Waals surface area contributed by atoms with Crippen LogP contribution in [0.3, 0.4) is 0 Å². The number of thiophene rings is 1. The van der Waals surface area contributed by atoms with Gasteiger partial charge in [0.05, 0.1) is 12.1 Å². The predicted octanol–water partition coefficient (Wildman–Crippen LogP) is 4.86. The Morgan fingerprint density at radius 3 is 2.90 bits per heavy atom. The second-order valence-electron chi connectivity index (χ2n) is 4.69. The van der Waals surface area contributed by atoms with E-state index in [2.05, 4.69) is 12.2 Å². The molecule has 0 aliphatic carbocycles. The number of hydrogen-bond acceptors (Lipinski definition) is 4. The molecule has 2 aromatic heterocycles. The molecule has 0 bridgehead atoms. The summed E-state index contributed by atoms with van der Waals surface area (Å²) in [5, 5.41) is 7.10. The minimum atomic E-state index is 0.00682. The Labute approximate surface area is 132 Å². The predicted molar refractivity (Wildman–Crippen MR) is 87.6 cm³/mol. The van der Waals surface area contributed by atoms with Crippen LogP contribution in [0.1, 0.15) is 23.6 Å². The molecule has 21 heavy (non-hydrogen) atoms. The number of ether oxygens (including phenoxy) is 1. The van der Waals surface area contributed by atoms with Crippen molar-refractivity contribution in [1.82, 2.24) is 5.32 Å². The molecule has 5 heteroatoms. The zero-order valence-electron chi connectivity index (χ0n) is 11.9. The monoisotopic (exact) mass is 321 g/mol. The number of benzene rings is 1. The zero-order chi connectivity index (χ0) is 14.8. The van der Waals surface area contributed by atoms with E-state index in [1.165, 1.54) is 0 Å². The average molecular weight is 322 g/mol. The second-order valence-corrected chi connectivity index (χ2v) is 6.04. The molecule has 0 spiro atoms. The molecular formula is C16H16ClNO2S. The molecule has 3 aromatic rings. The minimum Gasteiger partial charge on any atom is -0.496 e. The molecule has 0 aliphatic heterocycles. The number of rotatable bonds is 5. The van der Waals surface area contributed by atoms with Gasteiger partial charge in [0, 0.05) is 15.6 Å². The number of hydrogen-bond donors (Lipinski definition) is 1. The van der Waals surface area contributed by atoms with Crippen molar-refractivity contribution in [3.05, 3.63) is 51.4 Å². The lowest BCUT2D eigenvalue weighted by atomic mass is 10.1. The van der Waals surface area contributed by atoms with Gasteiger partial charge in [-0.05, 0) is 24.7 Å².